The molecule has 2 atom stereocenters. The average Bonchev–Trinajstić information content (AvgIpc) is 2.38. The lowest BCUT2D eigenvalue weighted by atomic mass is 9.93. The number of hydrogen-bond acceptors (Lipinski definition) is 2. The summed E-state index contributed by atoms with van der Waals surface area (Å²) in [4.78, 5) is 0. The molecule has 0 aliphatic rings. The van der Waals surface area contributed by atoms with Crippen LogP contribution in [0.2, 0.25) is 0 Å². The van der Waals surface area contributed by atoms with Crippen molar-refractivity contribution in [1.82, 2.24) is 5.32 Å². The van der Waals surface area contributed by atoms with Crippen molar-refractivity contribution in [3.8, 4) is 0 Å². The molecule has 0 aliphatic carbocycles. The van der Waals surface area contributed by atoms with Crippen LogP contribution in [-0.4, -0.2) is 25.8 Å². The van der Waals surface area contributed by atoms with E-state index in [0.717, 1.165) is 19.4 Å². The van der Waals surface area contributed by atoms with Gasteiger partial charge in [-0.15, -0.1) is 0 Å². The van der Waals surface area contributed by atoms with E-state index >= 15 is 0 Å². The lowest BCUT2D eigenvalue weighted by Gasteiger charge is -2.22. The lowest BCUT2D eigenvalue weighted by Crippen LogP contribution is -2.31. The molecule has 0 heterocycles. The predicted molar refractivity (Wildman–Crippen MR) is 77.8 cm³/mol. The Morgan fingerprint density at radius 1 is 1.16 bits per heavy atom. The highest BCUT2D eigenvalue weighted by Gasteiger charge is 2.14. The number of ether oxygens (including phenoxy) is 1. The van der Waals surface area contributed by atoms with Crippen LogP contribution in [0.5, 0.6) is 0 Å². The number of nitrogens with one attached hydrogen (secondary N) is 1. The molecule has 1 N–H and O–H groups in total. The first-order chi connectivity index (χ1) is 9.01. The minimum absolute atomic E-state index is 0.175. The van der Waals surface area contributed by atoms with Crippen LogP contribution in [0.25, 0.3) is 0 Å². The molecular formula is C16H26FNO. The smallest absolute Gasteiger partial charge is 0.123 e. The van der Waals surface area contributed by atoms with Crippen molar-refractivity contribution in [2.24, 2.45) is 5.92 Å². The van der Waals surface area contributed by atoms with Gasteiger partial charge in [0.05, 0.1) is 6.10 Å². The molecule has 0 amide bonds. The Bertz CT molecular complexity index is 350. The summed E-state index contributed by atoms with van der Waals surface area (Å²) in [6, 6.07) is 7.28. The number of rotatable bonds is 8. The van der Waals surface area contributed by atoms with Crippen LogP contribution >= 0.6 is 0 Å². The van der Waals surface area contributed by atoms with Gasteiger partial charge in [0, 0.05) is 13.2 Å². The zero-order valence-corrected chi connectivity index (χ0v) is 12.4. The van der Waals surface area contributed by atoms with E-state index in [1.807, 2.05) is 12.1 Å². The summed E-state index contributed by atoms with van der Waals surface area (Å²) < 4.78 is 18.3. The van der Waals surface area contributed by atoms with Gasteiger partial charge in [0.2, 0.25) is 0 Å². The molecule has 2 nitrogen and oxygen atoms in total. The van der Waals surface area contributed by atoms with E-state index in [2.05, 4.69) is 26.1 Å². The molecule has 0 saturated carbocycles. The Morgan fingerprint density at radius 2 is 1.79 bits per heavy atom. The predicted octanol–water partition coefficient (Wildman–Crippen LogP) is 3.41. The minimum Gasteiger partial charge on any atom is -0.382 e. The van der Waals surface area contributed by atoms with Gasteiger partial charge in [-0.2, -0.15) is 0 Å². The van der Waals surface area contributed by atoms with Crippen LogP contribution in [0.1, 0.15) is 32.8 Å². The Balaban J connectivity index is 2.58. The summed E-state index contributed by atoms with van der Waals surface area (Å²) in [5.74, 6) is 0.327. The highest BCUT2D eigenvalue weighted by atomic mass is 19.1. The van der Waals surface area contributed by atoms with Crippen molar-refractivity contribution in [3.05, 3.63) is 35.6 Å². The van der Waals surface area contributed by atoms with Crippen LogP contribution < -0.4 is 5.32 Å². The highest BCUT2D eigenvalue weighted by molar-refractivity contribution is 5.16. The molecular weight excluding hydrogens is 241 g/mol. The fourth-order valence-corrected chi connectivity index (χ4v) is 2.16. The van der Waals surface area contributed by atoms with Gasteiger partial charge >= 0.3 is 0 Å². The first-order valence-corrected chi connectivity index (χ1v) is 7.02. The summed E-state index contributed by atoms with van der Waals surface area (Å²) in [6.45, 7) is 7.35. The molecule has 0 fully saturated rings. The Labute approximate surface area is 116 Å². The van der Waals surface area contributed by atoms with Crippen molar-refractivity contribution in [2.45, 2.75) is 45.8 Å². The highest BCUT2D eigenvalue weighted by Crippen LogP contribution is 2.16. The number of hydrogen-bond donors (Lipinski definition) is 1. The zero-order valence-electron chi connectivity index (χ0n) is 12.4. The quantitative estimate of drug-likeness (QED) is 0.779. The van der Waals surface area contributed by atoms with Crippen LogP contribution in [0.15, 0.2) is 24.3 Å². The van der Waals surface area contributed by atoms with Crippen molar-refractivity contribution in [1.29, 1.82) is 0 Å². The Hall–Kier alpha value is -0.930. The third-order valence-corrected chi connectivity index (χ3v) is 3.32. The van der Waals surface area contributed by atoms with Crippen molar-refractivity contribution in [3.63, 3.8) is 0 Å². The lowest BCUT2D eigenvalue weighted by molar-refractivity contribution is 0.0942. The summed E-state index contributed by atoms with van der Waals surface area (Å²) >= 11 is 0. The average molecular weight is 267 g/mol. The molecule has 0 aromatic heterocycles. The summed E-state index contributed by atoms with van der Waals surface area (Å²) in [6.07, 6.45) is 2.21. The summed E-state index contributed by atoms with van der Waals surface area (Å²) in [5, 5.41) is 3.48. The molecule has 108 valence electrons. The van der Waals surface area contributed by atoms with E-state index in [1.165, 1.54) is 17.7 Å². The largest absolute Gasteiger partial charge is 0.382 e. The molecule has 1 rings (SSSR count). The first-order valence-electron chi connectivity index (χ1n) is 7.02. The van der Waals surface area contributed by atoms with Crippen molar-refractivity contribution < 1.29 is 9.13 Å². The van der Waals surface area contributed by atoms with Crippen LogP contribution in [0, 0.1) is 11.7 Å². The van der Waals surface area contributed by atoms with Crippen LogP contribution in [0.3, 0.4) is 0 Å². The molecule has 2 unspecified atom stereocenters. The third-order valence-electron chi connectivity index (χ3n) is 3.32. The second-order valence-electron chi connectivity index (χ2n) is 5.54. The van der Waals surface area contributed by atoms with Gasteiger partial charge in [0.1, 0.15) is 5.82 Å². The van der Waals surface area contributed by atoms with Crippen LogP contribution in [-0.2, 0) is 11.2 Å². The molecule has 0 aliphatic heterocycles. The maximum absolute atomic E-state index is 12.9. The number of benzene rings is 1. The summed E-state index contributed by atoms with van der Waals surface area (Å²) in [7, 11) is 1.75. The van der Waals surface area contributed by atoms with Gasteiger partial charge in [-0.25, -0.2) is 4.39 Å². The minimum atomic E-state index is -0.175. The van der Waals surface area contributed by atoms with E-state index in [-0.39, 0.29) is 11.9 Å². The topological polar surface area (TPSA) is 21.3 Å². The molecule has 0 bridgehead atoms. The Kier molecular flexibility index (Phi) is 7.03. The maximum Gasteiger partial charge on any atom is 0.123 e. The van der Waals surface area contributed by atoms with E-state index in [9.17, 15) is 4.39 Å². The van der Waals surface area contributed by atoms with E-state index in [1.54, 1.807) is 7.11 Å². The van der Waals surface area contributed by atoms with Gasteiger partial charge in [0.15, 0.2) is 0 Å². The SMILES string of the molecule is COC(C)CC(CNC(C)C)Cc1ccc(F)cc1. The Morgan fingerprint density at radius 3 is 2.32 bits per heavy atom. The van der Waals surface area contributed by atoms with Crippen molar-refractivity contribution in [2.75, 3.05) is 13.7 Å². The fraction of sp³-hybridized carbons (Fsp3) is 0.625. The second kappa shape index (κ2) is 8.28. The van der Waals surface area contributed by atoms with Crippen molar-refractivity contribution >= 4 is 0 Å². The molecule has 3 heteroatoms. The van der Waals surface area contributed by atoms with Gasteiger partial charge in [-0.05, 0) is 49.9 Å². The van der Waals surface area contributed by atoms with Crippen LogP contribution in [0.4, 0.5) is 4.39 Å². The van der Waals surface area contributed by atoms with E-state index in [0.29, 0.717) is 12.0 Å². The number of halogens is 1. The standard InChI is InChI=1S/C16H26FNO/c1-12(2)18-11-15(9-13(3)19-4)10-14-5-7-16(17)8-6-14/h5-8,12-13,15,18H,9-11H2,1-4H3. The molecule has 0 radical (unpaired) electrons. The van der Waals surface area contributed by atoms with Gasteiger partial charge in [-0.3, -0.25) is 0 Å². The number of methoxy groups -OCH3 is 1. The summed E-state index contributed by atoms with van der Waals surface area (Å²) in [5.41, 5.74) is 1.18. The van der Waals surface area contributed by atoms with Gasteiger partial charge in [0.25, 0.3) is 0 Å². The van der Waals surface area contributed by atoms with Gasteiger partial charge in [-0.1, -0.05) is 26.0 Å². The van der Waals surface area contributed by atoms with E-state index < -0.39 is 0 Å². The van der Waals surface area contributed by atoms with Gasteiger partial charge < -0.3 is 10.1 Å². The molecule has 1 aromatic carbocycles. The second-order valence-corrected chi connectivity index (χ2v) is 5.54. The molecule has 1 aromatic rings. The van der Waals surface area contributed by atoms with E-state index in [4.69, 9.17) is 4.74 Å². The normalized spacial score (nSPS) is 14.6. The monoisotopic (exact) mass is 267 g/mol. The zero-order chi connectivity index (χ0) is 14.3. The molecule has 19 heavy (non-hydrogen) atoms. The molecule has 0 spiro atoms. The fourth-order valence-electron chi connectivity index (χ4n) is 2.16. The molecule has 0 saturated heterocycles. The third kappa shape index (κ3) is 6.69. The first kappa shape index (κ1) is 16.1. The maximum atomic E-state index is 12.9.